The summed E-state index contributed by atoms with van der Waals surface area (Å²) in [5.41, 5.74) is 2.70. The van der Waals surface area contributed by atoms with Gasteiger partial charge in [-0.15, -0.1) is 11.8 Å². The van der Waals surface area contributed by atoms with E-state index in [1.807, 2.05) is 24.3 Å². The van der Waals surface area contributed by atoms with Gasteiger partial charge in [-0.1, -0.05) is 24.3 Å². The minimum absolute atomic E-state index is 0.0123. The molecule has 0 aliphatic carbocycles. The van der Waals surface area contributed by atoms with Crippen molar-refractivity contribution in [1.29, 1.82) is 0 Å². The molecule has 3 rings (SSSR count). The molecular weight excluding hydrogens is 431 g/mol. The third kappa shape index (κ3) is 6.30. The van der Waals surface area contributed by atoms with E-state index in [1.165, 1.54) is 17.8 Å². The van der Waals surface area contributed by atoms with Crippen molar-refractivity contribution in [3.8, 4) is 11.5 Å². The van der Waals surface area contributed by atoms with Gasteiger partial charge in [-0.3, -0.25) is 0 Å². The third-order valence-electron chi connectivity index (χ3n) is 5.26. The lowest BCUT2D eigenvalue weighted by atomic mass is 9.90. The van der Waals surface area contributed by atoms with Crippen LogP contribution in [-0.4, -0.2) is 35.5 Å². The van der Waals surface area contributed by atoms with Crippen LogP contribution in [0.5, 0.6) is 11.5 Å². The molecule has 0 saturated carbocycles. The quantitative estimate of drug-likeness (QED) is 0.507. The van der Waals surface area contributed by atoms with Crippen LogP contribution in [0.4, 0.5) is 13.2 Å². The summed E-state index contributed by atoms with van der Waals surface area (Å²) in [4.78, 5) is 11.3. The SMILES string of the molecule is Cc1cc(SCc2ccc(C3CCC(C(F)(F)F)CN3)cc2)c(O)cc1OCC(=O)O. The number of halogens is 3. The second kappa shape index (κ2) is 9.82. The molecule has 0 radical (unpaired) electrons. The van der Waals surface area contributed by atoms with Gasteiger partial charge in [0.25, 0.3) is 0 Å². The Kier molecular flexibility index (Phi) is 7.38. The lowest BCUT2D eigenvalue weighted by molar-refractivity contribution is -0.179. The molecule has 2 atom stereocenters. The molecule has 0 spiro atoms. The third-order valence-corrected chi connectivity index (χ3v) is 6.38. The number of ether oxygens (including phenoxy) is 1. The highest BCUT2D eigenvalue weighted by atomic mass is 32.2. The van der Waals surface area contributed by atoms with Crippen molar-refractivity contribution in [2.75, 3.05) is 13.2 Å². The van der Waals surface area contributed by atoms with Gasteiger partial charge in [0, 0.05) is 29.3 Å². The van der Waals surface area contributed by atoms with Crippen LogP contribution in [0.1, 0.15) is 35.6 Å². The maximum Gasteiger partial charge on any atom is 0.393 e. The molecule has 31 heavy (non-hydrogen) atoms. The van der Waals surface area contributed by atoms with E-state index in [0.717, 1.165) is 16.7 Å². The van der Waals surface area contributed by atoms with E-state index in [0.29, 0.717) is 22.8 Å². The summed E-state index contributed by atoms with van der Waals surface area (Å²) in [5.74, 6) is -1.45. The standard InChI is InChI=1S/C22H24F3NO4S/c1-13-8-20(18(27)9-19(13)30-11-21(28)29)31-12-14-2-4-15(5-3-14)17-7-6-16(10-26-17)22(23,24)25/h2-5,8-9,16-17,26-27H,6-7,10-12H2,1H3,(H,28,29). The van der Waals surface area contributed by atoms with Gasteiger partial charge in [-0.2, -0.15) is 13.2 Å². The smallest absolute Gasteiger partial charge is 0.393 e. The first-order valence-corrected chi connectivity index (χ1v) is 10.8. The van der Waals surface area contributed by atoms with Gasteiger partial charge in [-0.25, -0.2) is 4.79 Å². The summed E-state index contributed by atoms with van der Waals surface area (Å²) in [6.07, 6.45) is -3.57. The Morgan fingerprint density at radius 2 is 1.94 bits per heavy atom. The summed E-state index contributed by atoms with van der Waals surface area (Å²) in [6.45, 7) is 1.23. The Morgan fingerprint density at radius 3 is 2.52 bits per heavy atom. The van der Waals surface area contributed by atoms with Crippen LogP contribution in [0, 0.1) is 12.8 Å². The molecule has 2 unspecified atom stereocenters. The number of phenolic OH excluding ortho intramolecular Hbond substituents is 1. The van der Waals surface area contributed by atoms with Crippen molar-refractivity contribution < 1.29 is 32.9 Å². The molecule has 168 valence electrons. The molecule has 1 heterocycles. The predicted octanol–water partition coefficient (Wildman–Crippen LogP) is 5.06. The fourth-order valence-corrected chi connectivity index (χ4v) is 4.47. The van der Waals surface area contributed by atoms with Crippen LogP contribution in [0.2, 0.25) is 0 Å². The number of aryl methyl sites for hydroxylation is 1. The number of carbonyl (C=O) groups is 1. The minimum Gasteiger partial charge on any atom is -0.507 e. The van der Waals surface area contributed by atoms with Crippen molar-refractivity contribution in [1.82, 2.24) is 5.32 Å². The van der Waals surface area contributed by atoms with Gasteiger partial charge in [0.2, 0.25) is 0 Å². The topological polar surface area (TPSA) is 78.8 Å². The van der Waals surface area contributed by atoms with E-state index >= 15 is 0 Å². The number of piperidine rings is 1. The molecule has 1 fully saturated rings. The molecule has 9 heteroatoms. The van der Waals surface area contributed by atoms with E-state index in [4.69, 9.17) is 9.84 Å². The van der Waals surface area contributed by atoms with Crippen LogP contribution in [0.3, 0.4) is 0 Å². The summed E-state index contributed by atoms with van der Waals surface area (Å²) >= 11 is 1.43. The number of benzene rings is 2. The molecule has 2 aromatic rings. The molecule has 1 aliphatic heterocycles. The normalized spacial score (nSPS) is 19.2. The molecule has 0 aromatic heterocycles. The highest BCUT2D eigenvalue weighted by Gasteiger charge is 2.41. The monoisotopic (exact) mass is 455 g/mol. The zero-order valence-corrected chi connectivity index (χ0v) is 17.7. The number of alkyl halides is 3. The maximum atomic E-state index is 12.8. The Morgan fingerprint density at radius 1 is 1.23 bits per heavy atom. The average molecular weight is 455 g/mol. The number of hydrogen-bond donors (Lipinski definition) is 3. The molecule has 1 saturated heterocycles. The van der Waals surface area contributed by atoms with Gasteiger partial charge in [0.05, 0.1) is 5.92 Å². The predicted molar refractivity (Wildman–Crippen MR) is 112 cm³/mol. The second-order valence-corrected chi connectivity index (χ2v) is 8.59. The highest BCUT2D eigenvalue weighted by molar-refractivity contribution is 7.98. The summed E-state index contributed by atoms with van der Waals surface area (Å²) in [5, 5.41) is 21.9. The first kappa shape index (κ1) is 23.3. The number of rotatable bonds is 7. The lowest BCUT2D eigenvalue weighted by Gasteiger charge is -2.31. The zero-order valence-electron chi connectivity index (χ0n) is 16.9. The summed E-state index contributed by atoms with van der Waals surface area (Å²) in [7, 11) is 0. The van der Waals surface area contributed by atoms with Crippen molar-refractivity contribution in [2.45, 2.75) is 42.6 Å². The average Bonchev–Trinajstić information content (AvgIpc) is 2.73. The first-order valence-electron chi connectivity index (χ1n) is 9.83. The number of phenols is 1. The van der Waals surface area contributed by atoms with Crippen molar-refractivity contribution in [2.24, 2.45) is 5.92 Å². The number of carboxylic acid groups (broad SMARTS) is 1. The number of aliphatic carboxylic acids is 1. The Balaban J connectivity index is 1.56. The molecule has 0 amide bonds. The Bertz CT molecular complexity index is 910. The van der Waals surface area contributed by atoms with Crippen LogP contribution in [0.25, 0.3) is 0 Å². The molecule has 5 nitrogen and oxygen atoms in total. The summed E-state index contributed by atoms with van der Waals surface area (Å²) in [6, 6.07) is 10.8. The largest absolute Gasteiger partial charge is 0.507 e. The van der Waals surface area contributed by atoms with E-state index in [9.17, 15) is 23.1 Å². The molecular formula is C22H24F3NO4S. The summed E-state index contributed by atoms with van der Waals surface area (Å²) < 4.78 is 43.6. The Labute approximate surface area is 182 Å². The van der Waals surface area contributed by atoms with E-state index in [2.05, 4.69) is 5.32 Å². The number of hydrogen-bond acceptors (Lipinski definition) is 5. The number of thioether (sulfide) groups is 1. The minimum atomic E-state index is -4.15. The molecule has 3 N–H and O–H groups in total. The second-order valence-electron chi connectivity index (χ2n) is 7.57. The van der Waals surface area contributed by atoms with E-state index in [-0.39, 0.29) is 24.8 Å². The van der Waals surface area contributed by atoms with Crippen molar-refractivity contribution in [3.63, 3.8) is 0 Å². The number of aromatic hydroxyl groups is 1. The Hall–Kier alpha value is -2.39. The zero-order chi connectivity index (χ0) is 22.6. The van der Waals surface area contributed by atoms with E-state index in [1.54, 1.807) is 13.0 Å². The van der Waals surface area contributed by atoms with Gasteiger partial charge in [0.15, 0.2) is 6.61 Å². The van der Waals surface area contributed by atoms with Crippen molar-refractivity contribution >= 4 is 17.7 Å². The maximum absolute atomic E-state index is 12.8. The molecule has 1 aliphatic rings. The van der Waals surface area contributed by atoms with Gasteiger partial charge >= 0.3 is 12.1 Å². The van der Waals surface area contributed by atoms with Gasteiger partial charge < -0.3 is 20.3 Å². The number of carboxylic acids is 1. The molecule has 0 bridgehead atoms. The fourth-order valence-electron chi connectivity index (χ4n) is 3.49. The van der Waals surface area contributed by atoms with Crippen LogP contribution < -0.4 is 10.1 Å². The lowest BCUT2D eigenvalue weighted by Crippen LogP contribution is -2.40. The van der Waals surface area contributed by atoms with Crippen LogP contribution in [0.15, 0.2) is 41.3 Å². The van der Waals surface area contributed by atoms with Crippen LogP contribution in [-0.2, 0) is 10.5 Å². The molecule has 2 aromatic carbocycles. The van der Waals surface area contributed by atoms with Gasteiger partial charge in [0.1, 0.15) is 11.5 Å². The van der Waals surface area contributed by atoms with Crippen molar-refractivity contribution in [3.05, 3.63) is 53.1 Å². The van der Waals surface area contributed by atoms with Gasteiger partial charge in [-0.05, 0) is 42.5 Å². The first-order chi connectivity index (χ1) is 14.6. The number of nitrogens with one attached hydrogen (secondary N) is 1. The van der Waals surface area contributed by atoms with Crippen LogP contribution >= 0.6 is 11.8 Å². The highest BCUT2D eigenvalue weighted by Crippen LogP contribution is 2.37. The fraction of sp³-hybridized carbons (Fsp3) is 0.409. The van der Waals surface area contributed by atoms with E-state index < -0.39 is 24.7 Å².